The van der Waals surface area contributed by atoms with Crippen molar-refractivity contribution in [2.75, 3.05) is 26.2 Å². The third-order valence-electron chi connectivity index (χ3n) is 4.97. The van der Waals surface area contributed by atoms with Crippen molar-refractivity contribution in [2.24, 2.45) is 11.8 Å². The minimum absolute atomic E-state index is 0.228. The topological polar surface area (TPSA) is 39.1 Å². The fraction of sp³-hybridized carbons (Fsp3) is 0.938. The summed E-state index contributed by atoms with van der Waals surface area (Å²) in [6.45, 7) is 8.89. The van der Waals surface area contributed by atoms with Crippen molar-refractivity contribution in [3.05, 3.63) is 0 Å². The van der Waals surface area contributed by atoms with Crippen LogP contribution in [0.4, 0.5) is 0 Å². The van der Waals surface area contributed by atoms with E-state index in [9.17, 15) is 5.26 Å². The summed E-state index contributed by atoms with van der Waals surface area (Å²) in [4.78, 5) is 2.59. The highest BCUT2D eigenvalue weighted by Crippen LogP contribution is 2.38. The van der Waals surface area contributed by atoms with Crippen LogP contribution in [0, 0.1) is 23.2 Å². The van der Waals surface area contributed by atoms with Crippen LogP contribution >= 0.6 is 0 Å². The van der Waals surface area contributed by atoms with Gasteiger partial charge in [0, 0.05) is 6.54 Å². The van der Waals surface area contributed by atoms with Gasteiger partial charge in [0.15, 0.2) is 0 Å². The number of nitriles is 1. The molecule has 2 saturated carbocycles. The molecule has 2 fully saturated rings. The summed E-state index contributed by atoms with van der Waals surface area (Å²) in [5.41, 5.74) is -0.228. The lowest BCUT2D eigenvalue weighted by atomic mass is 9.85. The van der Waals surface area contributed by atoms with Crippen LogP contribution < -0.4 is 5.32 Å². The third-order valence-corrected chi connectivity index (χ3v) is 4.97. The zero-order chi connectivity index (χ0) is 13.7. The average Bonchev–Trinajstić information content (AvgIpc) is 3.16. The van der Waals surface area contributed by atoms with Gasteiger partial charge in [-0.25, -0.2) is 0 Å². The molecule has 19 heavy (non-hydrogen) atoms. The number of nitrogens with zero attached hydrogens (tertiary/aromatic N) is 2. The monoisotopic (exact) mass is 263 g/mol. The van der Waals surface area contributed by atoms with Crippen LogP contribution in [0.2, 0.25) is 0 Å². The first kappa shape index (κ1) is 14.8. The maximum Gasteiger partial charge on any atom is 0.109 e. The van der Waals surface area contributed by atoms with E-state index >= 15 is 0 Å². The summed E-state index contributed by atoms with van der Waals surface area (Å²) < 4.78 is 0. The summed E-state index contributed by atoms with van der Waals surface area (Å²) in [5, 5.41) is 13.0. The molecule has 2 rings (SSSR count). The zero-order valence-corrected chi connectivity index (χ0v) is 12.6. The lowest BCUT2D eigenvalue weighted by Gasteiger charge is -2.31. The van der Waals surface area contributed by atoms with Gasteiger partial charge in [0.05, 0.1) is 6.07 Å². The Bertz CT molecular complexity index is 318. The predicted octanol–water partition coefficient (Wildman–Crippen LogP) is 2.78. The van der Waals surface area contributed by atoms with Gasteiger partial charge >= 0.3 is 0 Å². The second-order valence-corrected chi connectivity index (χ2v) is 6.33. The normalized spacial score (nSPS) is 30.7. The fourth-order valence-electron chi connectivity index (χ4n) is 3.59. The molecule has 0 aliphatic heterocycles. The molecular weight excluding hydrogens is 234 g/mol. The van der Waals surface area contributed by atoms with E-state index in [1.165, 1.54) is 45.2 Å². The minimum atomic E-state index is -0.228. The molecule has 2 aliphatic carbocycles. The van der Waals surface area contributed by atoms with Crippen molar-refractivity contribution in [2.45, 2.75) is 57.9 Å². The molecule has 2 atom stereocenters. The largest absolute Gasteiger partial charge is 0.303 e. The van der Waals surface area contributed by atoms with Gasteiger partial charge < -0.3 is 4.90 Å². The lowest BCUT2D eigenvalue weighted by Crippen LogP contribution is -2.47. The van der Waals surface area contributed by atoms with E-state index in [0.29, 0.717) is 5.92 Å². The SMILES string of the molecule is CCNC1(C#N)CCCC1CCN(CC)CC1CC1. The number of nitrogens with one attached hydrogen (secondary N) is 1. The van der Waals surface area contributed by atoms with Crippen molar-refractivity contribution in [3.63, 3.8) is 0 Å². The van der Waals surface area contributed by atoms with Crippen molar-refractivity contribution < 1.29 is 0 Å². The summed E-state index contributed by atoms with van der Waals surface area (Å²) in [6.07, 6.45) is 7.51. The quantitative estimate of drug-likeness (QED) is 0.732. The Hall–Kier alpha value is -0.590. The Balaban J connectivity index is 1.84. The van der Waals surface area contributed by atoms with Gasteiger partial charge in [-0.3, -0.25) is 5.32 Å². The highest BCUT2D eigenvalue weighted by Gasteiger charge is 2.42. The zero-order valence-electron chi connectivity index (χ0n) is 12.6. The molecular formula is C16H29N3. The van der Waals surface area contributed by atoms with Gasteiger partial charge in [0.1, 0.15) is 5.54 Å². The van der Waals surface area contributed by atoms with Crippen LogP contribution in [0.3, 0.4) is 0 Å². The van der Waals surface area contributed by atoms with Gasteiger partial charge in [-0.15, -0.1) is 0 Å². The Kier molecular flexibility index (Phi) is 5.24. The maximum absolute atomic E-state index is 9.57. The van der Waals surface area contributed by atoms with Gasteiger partial charge in [0.25, 0.3) is 0 Å². The molecule has 0 amide bonds. The van der Waals surface area contributed by atoms with Crippen molar-refractivity contribution in [1.82, 2.24) is 10.2 Å². The standard InChI is InChI=1S/C16H29N3/c1-3-18-16(13-17)10-5-6-15(16)9-11-19(4-2)12-14-7-8-14/h14-15,18H,3-12H2,1-2H3. The molecule has 0 spiro atoms. The Morgan fingerprint density at radius 1 is 1.32 bits per heavy atom. The average molecular weight is 263 g/mol. The minimum Gasteiger partial charge on any atom is -0.303 e. The summed E-state index contributed by atoms with van der Waals surface area (Å²) in [5.74, 6) is 1.52. The molecule has 0 heterocycles. The number of hydrogen-bond donors (Lipinski definition) is 1. The Labute approximate surface area is 118 Å². The van der Waals surface area contributed by atoms with Crippen LogP contribution in [-0.2, 0) is 0 Å². The summed E-state index contributed by atoms with van der Waals surface area (Å²) in [6, 6.07) is 2.59. The van der Waals surface area contributed by atoms with Crippen LogP contribution in [-0.4, -0.2) is 36.6 Å². The van der Waals surface area contributed by atoms with E-state index in [1.54, 1.807) is 0 Å². The molecule has 3 nitrogen and oxygen atoms in total. The Morgan fingerprint density at radius 3 is 2.68 bits per heavy atom. The first-order valence-electron chi connectivity index (χ1n) is 8.12. The van der Waals surface area contributed by atoms with E-state index in [0.717, 1.165) is 25.4 Å². The van der Waals surface area contributed by atoms with E-state index in [-0.39, 0.29) is 5.54 Å². The van der Waals surface area contributed by atoms with E-state index in [1.807, 2.05) is 0 Å². The van der Waals surface area contributed by atoms with E-state index in [4.69, 9.17) is 0 Å². The molecule has 2 unspecified atom stereocenters. The Morgan fingerprint density at radius 2 is 2.11 bits per heavy atom. The molecule has 2 aliphatic rings. The molecule has 0 aromatic carbocycles. The third kappa shape index (κ3) is 3.70. The molecule has 0 saturated heterocycles. The second kappa shape index (κ2) is 6.72. The highest BCUT2D eigenvalue weighted by atomic mass is 15.1. The lowest BCUT2D eigenvalue weighted by molar-refractivity contribution is 0.225. The molecule has 0 aromatic heterocycles. The van der Waals surface area contributed by atoms with E-state index in [2.05, 4.69) is 30.1 Å². The molecule has 0 aromatic rings. The molecule has 0 radical (unpaired) electrons. The van der Waals surface area contributed by atoms with Gasteiger partial charge in [-0.05, 0) is 63.6 Å². The number of hydrogen-bond acceptors (Lipinski definition) is 3. The summed E-state index contributed by atoms with van der Waals surface area (Å²) >= 11 is 0. The number of rotatable bonds is 8. The molecule has 108 valence electrons. The van der Waals surface area contributed by atoms with E-state index < -0.39 is 0 Å². The van der Waals surface area contributed by atoms with Crippen LogP contribution in [0.15, 0.2) is 0 Å². The first-order chi connectivity index (χ1) is 9.24. The fourth-order valence-corrected chi connectivity index (χ4v) is 3.59. The smallest absolute Gasteiger partial charge is 0.109 e. The molecule has 0 bridgehead atoms. The summed E-state index contributed by atoms with van der Waals surface area (Å²) in [7, 11) is 0. The molecule has 3 heteroatoms. The highest BCUT2D eigenvalue weighted by molar-refractivity contribution is 5.14. The van der Waals surface area contributed by atoms with Gasteiger partial charge in [-0.1, -0.05) is 20.3 Å². The van der Waals surface area contributed by atoms with Gasteiger partial charge in [0.2, 0.25) is 0 Å². The second-order valence-electron chi connectivity index (χ2n) is 6.33. The maximum atomic E-state index is 9.57. The first-order valence-corrected chi connectivity index (χ1v) is 8.12. The van der Waals surface area contributed by atoms with Crippen molar-refractivity contribution in [1.29, 1.82) is 5.26 Å². The van der Waals surface area contributed by atoms with Gasteiger partial charge in [-0.2, -0.15) is 5.26 Å². The van der Waals surface area contributed by atoms with Crippen molar-refractivity contribution >= 4 is 0 Å². The molecule has 1 N–H and O–H groups in total. The predicted molar refractivity (Wildman–Crippen MR) is 78.8 cm³/mol. The van der Waals surface area contributed by atoms with Crippen LogP contribution in [0.1, 0.15) is 52.4 Å². The van der Waals surface area contributed by atoms with Crippen molar-refractivity contribution in [3.8, 4) is 6.07 Å². The van der Waals surface area contributed by atoms with Crippen LogP contribution in [0.5, 0.6) is 0 Å². The van der Waals surface area contributed by atoms with Crippen LogP contribution in [0.25, 0.3) is 0 Å².